The lowest BCUT2D eigenvalue weighted by Gasteiger charge is -2.03. The molecular weight excluding hydrogens is 202 g/mol. The quantitative estimate of drug-likeness (QED) is 0.673. The van der Waals surface area contributed by atoms with Crippen LogP contribution in [0.5, 0.6) is 5.75 Å². The Labute approximate surface area is 85.2 Å². The summed E-state index contributed by atoms with van der Waals surface area (Å²) in [4.78, 5) is 10.9. The molecule has 1 aromatic heterocycles. The minimum atomic E-state index is -0.852. The molecule has 0 saturated heterocycles. The summed E-state index contributed by atoms with van der Waals surface area (Å²) in [6.45, 7) is 1.84. The van der Waals surface area contributed by atoms with Gasteiger partial charge >= 0.3 is 5.97 Å². The number of pyridine rings is 1. The molecule has 2 rings (SSSR count). The van der Waals surface area contributed by atoms with Gasteiger partial charge in [0.2, 0.25) is 0 Å². The third-order valence-corrected chi connectivity index (χ3v) is 3.44. The number of carbonyl (C=O) groups is 1. The predicted molar refractivity (Wildman–Crippen MR) is 50.4 cm³/mol. The van der Waals surface area contributed by atoms with Crippen molar-refractivity contribution in [3.63, 3.8) is 0 Å². The third kappa shape index (κ3) is 1.24. The van der Waals surface area contributed by atoms with E-state index in [0.29, 0.717) is 10.8 Å². The Morgan fingerprint density at radius 3 is 3.00 bits per heavy atom. The van der Waals surface area contributed by atoms with Gasteiger partial charge in [-0.2, -0.15) is 4.57 Å². The molecule has 0 fully saturated rings. The summed E-state index contributed by atoms with van der Waals surface area (Å²) in [7, 11) is 0. The van der Waals surface area contributed by atoms with Crippen molar-refractivity contribution < 1.29 is 19.6 Å². The minimum absolute atomic E-state index is 0.157. The lowest BCUT2D eigenvalue weighted by molar-refractivity contribution is -0.741. The van der Waals surface area contributed by atoms with Crippen LogP contribution in [0.3, 0.4) is 0 Å². The molecular formula is C9H10NO3S+. The first-order valence-corrected chi connectivity index (χ1v) is 5.19. The van der Waals surface area contributed by atoms with Crippen LogP contribution in [-0.4, -0.2) is 21.9 Å². The average Bonchev–Trinajstić information content (AvgIpc) is 2.56. The van der Waals surface area contributed by atoms with Crippen molar-refractivity contribution >= 4 is 17.7 Å². The molecule has 4 nitrogen and oxygen atoms in total. The van der Waals surface area contributed by atoms with Crippen LogP contribution in [0.4, 0.5) is 0 Å². The molecule has 2 N–H and O–H groups in total. The molecule has 0 saturated carbocycles. The molecule has 14 heavy (non-hydrogen) atoms. The summed E-state index contributed by atoms with van der Waals surface area (Å²) in [6.07, 6.45) is 0. The number of aryl methyl sites for hydroxylation is 1. The second-order valence-electron chi connectivity index (χ2n) is 3.20. The Hall–Kier alpha value is -1.23. The molecule has 0 aliphatic carbocycles. The zero-order chi connectivity index (χ0) is 10.3. The predicted octanol–water partition coefficient (Wildman–Crippen LogP) is 0.720. The number of carboxylic acids is 1. The normalized spacial score (nSPS) is 19.4. The summed E-state index contributed by atoms with van der Waals surface area (Å²) in [5, 5.41) is 19.1. The number of nitrogens with zero attached hydrogens (tertiary/aromatic N) is 1. The summed E-state index contributed by atoms with van der Waals surface area (Å²) >= 11 is 1.38. The highest BCUT2D eigenvalue weighted by Gasteiger charge is 2.40. The lowest BCUT2D eigenvalue weighted by atomic mass is 10.2. The van der Waals surface area contributed by atoms with Crippen LogP contribution in [-0.2, 0) is 4.79 Å². The van der Waals surface area contributed by atoms with E-state index in [1.54, 1.807) is 16.7 Å². The first-order valence-electron chi connectivity index (χ1n) is 4.21. The molecule has 1 aliphatic rings. The molecule has 1 unspecified atom stereocenters. The Bertz CT molecular complexity index is 405. The number of hydrogen-bond acceptors (Lipinski definition) is 3. The van der Waals surface area contributed by atoms with Crippen molar-refractivity contribution in [3.8, 4) is 5.75 Å². The van der Waals surface area contributed by atoms with E-state index in [1.807, 2.05) is 6.92 Å². The standard InChI is InChI=1S/C9H9NO3S/c1-5-2-3-7(11)8-10(5)6(4-14-8)9(12)13/h2-3,6H,4H2,1H3,(H-,11,12,13)/p+1. The van der Waals surface area contributed by atoms with E-state index in [1.165, 1.54) is 11.8 Å². The van der Waals surface area contributed by atoms with Gasteiger partial charge in [0.05, 0.1) is 5.75 Å². The maximum atomic E-state index is 10.9. The molecule has 0 radical (unpaired) electrons. The Morgan fingerprint density at radius 2 is 2.36 bits per heavy atom. The van der Waals surface area contributed by atoms with E-state index < -0.39 is 12.0 Å². The van der Waals surface area contributed by atoms with Crippen molar-refractivity contribution in [2.24, 2.45) is 0 Å². The van der Waals surface area contributed by atoms with Gasteiger partial charge in [-0.05, 0) is 17.8 Å². The zero-order valence-electron chi connectivity index (χ0n) is 7.60. The van der Waals surface area contributed by atoms with Gasteiger partial charge in [0.25, 0.3) is 11.1 Å². The first kappa shape index (κ1) is 9.33. The fourth-order valence-electron chi connectivity index (χ4n) is 1.58. The van der Waals surface area contributed by atoms with Crippen molar-refractivity contribution in [2.75, 3.05) is 5.75 Å². The second kappa shape index (κ2) is 3.16. The van der Waals surface area contributed by atoms with E-state index in [-0.39, 0.29) is 5.75 Å². The Kier molecular flexibility index (Phi) is 2.11. The van der Waals surface area contributed by atoms with Crippen LogP contribution in [0.2, 0.25) is 0 Å². The number of aromatic hydroxyl groups is 1. The Morgan fingerprint density at radius 1 is 1.64 bits per heavy atom. The van der Waals surface area contributed by atoms with E-state index in [9.17, 15) is 9.90 Å². The van der Waals surface area contributed by atoms with Crippen LogP contribution in [0, 0.1) is 6.92 Å². The summed E-state index contributed by atoms with van der Waals surface area (Å²) in [5.41, 5.74) is 0.857. The van der Waals surface area contributed by atoms with Gasteiger partial charge in [-0.15, -0.1) is 0 Å². The molecule has 1 atom stereocenters. The second-order valence-corrected chi connectivity index (χ2v) is 4.21. The van der Waals surface area contributed by atoms with Gasteiger partial charge in [-0.1, -0.05) is 0 Å². The molecule has 1 aromatic rings. The molecule has 5 heteroatoms. The third-order valence-electron chi connectivity index (χ3n) is 2.27. The number of rotatable bonds is 1. The molecule has 0 amide bonds. The summed E-state index contributed by atoms with van der Waals surface area (Å²) in [6, 6.07) is 2.76. The van der Waals surface area contributed by atoms with E-state index >= 15 is 0 Å². The number of aromatic nitrogens is 1. The average molecular weight is 212 g/mol. The van der Waals surface area contributed by atoms with Gasteiger partial charge in [0.15, 0.2) is 11.4 Å². The highest BCUT2D eigenvalue weighted by Crippen LogP contribution is 2.33. The molecule has 0 aromatic carbocycles. The molecule has 74 valence electrons. The highest BCUT2D eigenvalue weighted by atomic mass is 32.2. The largest absolute Gasteiger partial charge is 0.502 e. The summed E-state index contributed by atoms with van der Waals surface area (Å²) in [5.74, 6) is -0.215. The van der Waals surface area contributed by atoms with Crippen molar-refractivity contribution in [1.82, 2.24) is 0 Å². The van der Waals surface area contributed by atoms with E-state index in [0.717, 1.165) is 5.69 Å². The Balaban J connectivity index is 2.58. The molecule has 1 aliphatic heterocycles. The van der Waals surface area contributed by atoms with E-state index in [2.05, 4.69) is 0 Å². The van der Waals surface area contributed by atoms with Gasteiger partial charge in [0.1, 0.15) is 0 Å². The number of fused-ring (bicyclic) bond motifs is 1. The van der Waals surface area contributed by atoms with Gasteiger partial charge in [-0.25, -0.2) is 4.79 Å². The molecule has 0 bridgehead atoms. The zero-order valence-corrected chi connectivity index (χ0v) is 8.41. The van der Waals surface area contributed by atoms with Crippen LogP contribution < -0.4 is 4.57 Å². The number of carboxylic acid groups (broad SMARTS) is 1. The van der Waals surface area contributed by atoms with Crippen LogP contribution >= 0.6 is 11.8 Å². The lowest BCUT2D eigenvalue weighted by Crippen LogP contribution is -2.45. The highest BCUT2D eigenvalue weighted by molar-refractivity contribution is 7.99. The number of hydrogen-bond donors (Lipinski definition) is 2. The molecule has 2 heterocycles. The van der Waals surface area contributed by atoms with Gasteiger partial charge in [-0.3, -0.25) is 0 Å². The van der Waals surface area contributed by atoms with Crippen LogP contribution in [0.1, 0.15) is 11.7 Å². The minimum Gasteiger partial charge on any atom is -0.502 e. The molecule has 0 spiro atoms. The van der Waals surface area contributed by atoms with Crippen LogP contribution in [0.25, 0.3) is 0 Å². The topological polar surface area (TPSA) is 61.4 Å². The maximum Gasteiger partial charge on any atom is 0.374 e. The SMILES string of the molecule is Cc1ccc(O)c2[n+]1C(C(=O)O)CS2. The first-order chi connectivity index (χ1) is 6.61. The van der Waals surface area contributed by atoms with Crippen molar-refractivity contribution in [2.45, 2.75) is 18.0 Å². The smallest absolute Gasteiger partial charge is 0.374 e. The van der Waals surface area contributed by atoms with Crippen LogP contribution in [0.15, 0.2) is 17.2 Å². The summed E-state index contributed by atoms with van der Waals surface area (Å²) < 4.78 is 1.67. The number of thioether (sulfide) groups is 1. The monoisotopic (exact) mass is 212 g/mol. The van der Waals surface area contributed by atoms with Gasteiger partial charge in [0, 0.05) is 13.0 Å². The number of aliphatic carboxylic acids is 1. The van der Waals surface area contributed by atoms with E-state index in [4.69, 9.17) is 5.11 Å². The fraction of sp³-hybridized carbons (Fsp3) is 0.333. The van der Waals surface area contributed by atoms with Crippen molar-refractivity contribution in [3.05, 3.63) is 17.8 Å². The van der Waals surface area contributed by atoms with Crippen molar-refractivity contribution in [1.29, 1.82) is 0 Å². The van der Waals surface area contributed by atoms with Gasteiger partial charge < -0.3 is 10.2 Å². The fourth-order valence-corrected chi connectivity index (χ4v) is 2.81. The maximum absolute atomic E-state index is 10.9.